The number of nitrogens with zero attached hydrogens (tertiary/aromatic N) is 3. The maximum Gasteiger partial charge on any atom is 0.347 e. The van der Waals surface area contributed by atoms with Crippen LogP contribution >= 0.6 is 0 Å². The molecule has 2 aliphatic rings. The summed E-state index contributed by atoms with van der Waals surface area (Å²) in [6, 6.07) is 15.0. The minimum atomic E-state index is -1.81. The van der Waals surface area contributed by atoms with Gasteiger partial charge in [-0.05, 0) is 55.6 Å². The number of piperidine rings is 1. The lowest BCUT2D eigenvalue weighted by Crippen LogP contribution is -2.37. The Bertz CT molecular complexity index is 1070. The zero-order chi connectivity index (χ0) is 22.7. The smallest absolute Gasteiger partial charge is 0.347 e. The van der Waals surface area contributed by atoms with Crippen LogP contribution in [0.1, 0.15) is 48.3 Å². The van der Waals surface area contributed by atoms with Gasteiger partial charge in [0.15, 0.2) is 0 Å². The molecule has 3 aromatic rings. The van der Waals surface area contributed by atoms with Crippen LogP contribution in [0.3, 0.4) is 0 Å². The van der Waals surface area contributed by atoms with Crippen LogP contribution in [0.4, 0.5) is 0 Å². The summed E-state index contributed by atoms with van der Waals surface area (Å²) < 4.78 is 5.84. The Morgan fingerprint density at radius 1 is 0.970 bits per heavy atom. The molecule has 2 heterocycles. The molecule has 0 saturated carbocycles. The summed E-state index contributed by atoms with van der Waals surface area (Å²) in [5.74, 6) is -0.674. The molecule has 1 fully saturated rings. The van der Waals surface area contributed by atoms with E-state index in [4.69, 9.17) is 4.74 Å². The fourth-order valence-corrected chi connectivity index (χ4v) is 5.10. The zero-order valence-corrected chi connectivity index (χ0v) is 18.7. The number of likely N-dealkylation sites (tertiary alicyclic amines) is 1. The second-order valence-electron chi connectivity index (χ2n) is 8.96. The van der Waals surface area contributed by atoms with Crippen molar-refractivity contribution in [3.63, 3.8) is 0 Å². The van der Waals surface area contributed by atoms with Gasteiger partial charge in [0.05, 0.1) is 6.61 Å². The van der Waals surface area contributed by atoms with Crippen LogP contribution in [0, 0.1) is 0 Å². The summed E-state index contributed by atoms with van der Waals surface area (Å²) in [7, 11) is 0. The lowest BCUT2D eigenvalue weighted by Gasteiger charge is -2.29. The first-order valence-corrected chi connectivity index (χ1v) is 11.7. The quantitative estimate of drug-likeness (QED) is 0.559. The fourth-order valence-electron chi connectivity index (χ4n) is 5.10. The van der Waals surface area contributed by atoms with Crippen LogP contribution in [0.2, 0.25) is 0 Å². The number of ether oxygens (including phenoxy) is 1. The van der Waals surface area contributed by atoms with E-state index < -0.39 is 11.6 Å². The van der Waals surface area contributed by atoms with Gasteiger partial charge >= 0.3 is 5.97 Å². The molecule has 0 spiro atoms. The lowest BCUT2D eigenvalue weighted by molar-refractivity contribution is -0.162. The molecule has 1 aromatic heterocycles. The summed E-state index contributed by atoms with van der Waals surface area (Å²) in [6.45, 7) is 3.34. The Hall–Kier alpha value is -3.09. The molecule has 6 heteroatoms. The Morgan fingerprint density at radius 2 is 1.58 bits per heavy atom. The number of hydrogen-bond donors (Lipinski definition) is 1. The zero-order valence-electron chi connectivity index (χ0n) is 18.7. The normalized spacial score (nSPS) is 17.7. The van der Waals surface area contributed by atoms with Gasteiger partial charge in [-0.1, -0.05) is 55.0 Å². The third kappa shape index (κ3) is 4.16. The molecule has 1 N–H and O–H groups in total. The third-order valence-corrected chi connectivity index (χ3v) is 6.93. The van der Waals surface area contributed by atoms with Crippen molar-refractivity contribution in [3.8, 4) is 11.1 Å². The van der Waals surface area contributed by atoms with Crippen molar-refractivity contribution in [2.75, 3.05) is 26.2 Å². The van der Waals surface area contributed by atoms with Crippen LogP contribution in [-0.4, -0.2) is 52.2 Å². The summed E-state index contributed by atoms with van der Waals surface area (Å²) in [5, 5.41) is 11.7. The number of carbonyl (C=O) groups is 1. The molecular formula is C27H29N3O3. The molecular weight excluding hydrogens is 414 g/mol. The number of hydrogen-bond acceptors (Lipinski definition) is 6. The largest absolute Gasteiger partial charge is 0.462 e. The van der Waals surface area contributed by atoms with E-state index in [1.807, 2.05) is 36.4 Å². The van der Waals surface area contributed by atoms with E-state index in [1.54, 1.807) is 24.5 Å². The van der Waals surface area contributed by atoms with E-state index >= 15 is 0 Å². The molecule has 1 aliphatic heterocycles. The van der Waals surface area contributed by atoms with Gasteiger partial charge in [0.1, 0.15) is 6.33 Å². The topological polar surface area (TPSA) is 75.5 Å². The van der Waals surface area contributed by atoms with Gasteiger partial charge in [-0.25, -0.2) is 14.8 Å². The SMILES string of the molecule is O=C(OC[C@H](CCN1CCCCC1)c1cncnc1)C1(O)c2ccccc2-c2ccccc21. The minimum absolute atomic E-state index is 0.0347. The molecule has 1 saturated heterocycles. The van der Waals surface area contributed by atoms with Crippen molar-refractivity contribution in [2.24, 2.45) is 0 Å². The second kappa shape index (κ2) is 9.41. The molecule has 1 atom stereocenters. The van der Waals surface area contributed by atoms with Crippen LogP contribution in [0.15, 0.2) is 67.3 Å². The van der Waals surface area contributed by atoms with E-state index in [1.165, 1.54) is 25.6 Å². The van der Waals surface area contributed by atoms with E-state index in [0.717, 1.165) is 42.7 Å². The average Bonchev–Trinajstić information content (AvgIpc) is 3.15. The average molecular weight is 444 g/mol. The van der Waals surface area contributed by atoms with E-state index in [9.17, 15) is 9.90 Å². The van der Waals surface area contributed by atoms with Crippen molar-refractivity contribution < 1.29 is 14.6 Å². The van der Waals surface area contributed by atoms with Crippen molar-refractivity contribution in [1.29, 1.82) is 0 Å². The van der Waals surface area contributed by atoms with Crippen molar-refractivity contribution in [3.05, 3.63) is 83.9 Å². The fraction of sp³-hybridized carbons (Fsp3) is 0.370. The Morgan fingerprint density at radius 3 is 2.21 bits per heavy atom. The summed E-state index contributed by atoms with van der Waals surface area (Å²) in [4.78, 5) is 24.2. The van der Waals surface area contributed by atoms with Crippen molar-refractivity contribution in [2.45, 2.75) is 37.2 Å². The van der Waals surface area contributed by atoms with Gasteiger partial charge < -0.3 is 14.7 Å². The Labute approximate surface area is 194 Å². The summed E-state index contributed by atoms with van der Waals surface area (Å²) in [5.41, 5.74) is 2.02. The van der Waals surface area contributed by atoms with E-state index in [-0.39, 0.29) is 12.5 Å². The maximum atomic E-state index is 13.4. The molecule has 6 nitrogen and oxygen atoms in total. The van der Waals surface area contributed by atoms with Crippen LogP contribution in [0.25, 0.3) is 11.1 Å². The highest BCUT2D eigenvalue weighted by atomic mass is 16.5. The molecule has 0 amide bonds. The van der Waals surface area contributed by atoms with E-state index in [0.29, 0.717) is 11.1 Å². The highest BCUT2D eigenvalue weighted by molar-refractivity contribution is 5.96. The molecule has 5 rings (SSSR count). The van der Waals surface area contributed by atoms with Gasteiger partial charge in [0.2, 0.25) is 5.60 Å². The third-order valence-electron chi connectivity index (χ3n) is 6.93. The Balaban J connectivity index is 1.35. The number of carbonyl (C=O) groups excluding carboxylic acids is 1. The molecule has 0 radical (unpaired) electrons. The van der Waals surface area contributed by atoms with Crippen LogP contribution < -0.4 is 0 Å². The van der Waals surface area contributed by atoms with Gasteiger partial charge in [-0.3, -0.25) is 0 Å². The number of aliphatic hydroxyl groups is 1. The first-order valence-electron chi connectivity index (χ1n) is 11.7. The highest BCUT2D eigenvalue weighted by Crippen LogP contribution is 2.48. The lowest BCUT2D eigenvalue weighted by atomic mass is 9.91. The van der Waals surface area contributed by atoms with Crippen molar-refractivity contribution in [1.82, 2.24) is 14.9 Å². The molecule has 33 heavy (non-hydrogen) atoms. The maximum absolute atomic E-state index is 13.4. The number of fused-ring (bicyclic) bond motifs is 3. The van der Waals surface area contributed by atoms with Crippen molar-refractivity contribution >= 4 is 5.97 Å². The van der Waals surface area contributed by atoms with Gasteiger partial charge in [-0.15, -0.1) is 0 Å². The number of aromatic nitrogens is 2. The predicted molar refractivity (Wildman–Crippen MR) is 126 cm³/mol. The molecule has 2 aromatic carbocycles. The van der Waals surface area contributed by atoms with Gasteiger partial charge in [-0.2, -0.15) is 0 Å². The highest BCUT2D eigenvalue weighted by Gasteiger charge is 2.49. The number of esters is 1. The first kappa shape index (κ1) is 21.7. The molecule has 1 aliphatic carbocycles. The van der Waals surface area contributed by atoms with Crippen LogP contribution in [0.5, 0.6) is 0 Å². The second-order valence-corrected chi connectivity index (χ2v) is 8.96. The van der Waals surface area contributed by atoms with Crippen LogP contribution in [-0.2, 0) is 15.1 Å². The first-order chi connectivity index (χ1) is 16.2. The monoisotopic (exact) mass is 443 g/mol. The minimum Gasteiger partial charge on any atom is -0.462 e. The number of benzene rings is 2. The summed E-state index contributed by atoms with van der Waals surface area (Å²) in [6.07, 6.45) is 9.69. The number of rotatable bonds is 7. The predicted octanol–water partition coefficient (Wildman–Crippen LogP) is 3.90. The Kier molecular flexibility index (Phi) is 6.20. The molecule has 170 valence electrons. The van der Waals surface area contributed by atoms with Gasteiger partial charge in [0.25, 0.3) is 0 Å². The standard InChI is InChI=1S/C27H29N3O3/c31-26(27(32)24-10-4-2-8-22(24)23-9-3-5-11-25(23)27)33-18-20(21-16-28-19-29-17-21)12-15-30-13-6-1-7-14-30/h2-5,8-11,16-17,19-20,32H,1,6-7,12-15,18H2/t20-/m0/s1. The van der Waals surface area contributed by atoms with E-state index in [2.05, 4.69) is 14.9 Å². The molecule has 0 bridgehead atoms. The summed E-state index contributed by atoms with van der Waals surface area (Å²) >= 11 is 0. The molecule has 0 unspecified atom stereocenters. The van der Waals surface area contributed by atoms with Gasteiger partial charge in [0, 0.05) is 29.4 Å².